The molecule has 0 aromatic rings. The molecule has 0 bridgehead atoms. The van der Waals surface area contributed by atoms with Crippen molar-refractivity contribution in [3.8, 4) is 0 Å². The summed E-state index contributed by atoms with van der Waals surface area (Å²) in [7, 11) is 0. The van der Waals surface area contributed by atoms with E-state index in [1.54, 1.807) is 0 Å². The summed E-state index contributed by atoms with van der Waals surface area (Å²) < 4.78 is 0. The first-order valence-corrected chi connectivity index (χ1v) is 6.09. The highest BCUT2D eigenvalue weighted by molar-refractivity contribution is 4.67. The maximum atomic E-state index is 3.46. The summed E-state index contributed by atoms with van der Waals surface area (Å²) in [6.45, 7) is 14.8. The van der Waals surface area contributed by atoms with Crippen molar-refractivity contribution in [2.75, 3.05) is 19.6 Å². The molecule has 0 fully saturated rings. The first kappa shape index (κ1) is 13.9. The van der Waals surface area contributed by atoms with Gasteiger partial charge in [0.2, 0.25) is 0 Å². The van der Waals surface area contributed by atoms with Crippen LogP contribution in [0.5, 0.6) is 0 Å². The van der Waals surface area contributed by atoms with Crippen LogP contribution in [0.15, 0.2) is 0 Å². The van der Waals surface area contributed by atoms with Crippen LogP contribution >= 0.6 is 0 Å². The molecule has 0 aliphatic heterocycles. The Morgan fingerprint density at radius 2 is 1.71 bits per heavy atom. The number of rotatable bonds is 8. The Labute approximate surface area is 90.1 Å². The van der Waals surface area contributed by atoms with Crippen LogP contribution in [0.4, 0.5) is 0 Å². The average molecular weight is 200 g/mol. The molecule has 1 unspecified atom stereocenters. The zero-order valence-electron chi connectivity index (χ0n) is 10.6. The van der Waals surface area contributed by atoms with Crippen molar-refractivity contribution < 1.29 is 0 Å². The Bertz CT molecular complexity index is 123. The molecule has 0 aromatic carbocycles. The lowest BCUT2D eigenvalue weighted by Crippen LogP contribution is -2.36. The van der Waals surface area contributed by atoms with E-state index in [-0.39, 0.29) is 0 Å². The van der Waals surface area contributed by atoms with E-state index < -0.39 is 0 Å². The van der Waals surface area contributed by atoms with Gasteiger partial charge >= 0.3 is 0 Å². The summed E-state index contributed by atoms with van der Waals surface area (Å²) >= 11 is 0. The quantitative estimate of drug-likeness (QED) is 0.647. The molecule has 86 valence electrons. The molecule has 0 radical (unpaired) electrons. The summed E-state index contributed by atoms with van der Waals surface area (Å²) in [5.74, 6) is 0. The first-order chi connectivity index (χ1) is 6.61. The summed E-state index contributed by atoms with van der Waals surface area (Å²) in [5, 5.41) is 3.46. The van der Waals surface area contributed by atoms with Gasteiger partial charge in [0.05, 0.1) is 0 Å². The first-order valence-electron chi connectivity index (χ1n) is 6.09. The molecule has 0 saturated heterocycles. The Balaban J connectivity index is 3.69. The molecule has 0 saturated carbocycles. The van der Waals surface area contributed by atoms with E-state index in [4.69, 9.17) is 0 Å². The Hall–Kier alpha value is -0.0800. The molecule has 1 N–H and O–H groups in total. The molecule has 1 atom stereocenters. The van der Waals surface area contributed by atoms with E-state index in [9.17, 15) is 0 Å². The zero-order valence-corrected chi connectivity index (χ0v) is 10.6. The molecule has 2 nitrogen and oxygen atoms in total. The van der Waals surface area contributed by atoms with Gasteiger partial charge in [-0.05, 0) is 53.2 Å². The van der Waals surface area contributed by atoms with Crippen molar-refractivity contribution >= 4 is 0 Å². The van der Waals surface area contributed by atoms with Crippen LogP contribution in [0, 0.1) is 0 Å². The highest BCUT2D eigenvalue weighted by Gasteiger charge is 2.09. The fourth-order valence-electron chi connectivity index (χ4n) is 1.73. The van der Waals surface area contributed by atoms with Crippen molar-refractivity contribution in [1.82, 2.24) is 10.2 Å². The lowest BCUT2D eigenvalue weighted by molar-refractivity contribution is 0.211. The molecule has 0 aliphatic rings. The van der Waals surface area contributed by atoms with Gasteiger partial charge in [-0.25, -0.2) is 0 Å². The van der Waals surface area contributed by atoms with Crippen LogP contribution < -0.4 is 5.32 Å². The van der Waals surface area contributed by atoms with Crippen molar-refractivity contribution in [3.05, 3.63) is 0 Å². The molecule has 14 heavy (non-hydrogen) atoms. The van der Waals surface area contributed by atoms with Crippen LogP contribution in [-0.2, 0) is 0 Å². The molecule has 0 spiro atoms. The van der Waals surface area contributed by atoms with Crippen LogP contribution in [0.1, 0.15) is 47.5 Å². The number of nitrogens with zero attached hydrogens (tertiary/aromatic N) is 1. The Morgan fingerprint density at radius 1 is 1.07 bits per heavy atom. The van der Waals surface area contributed by atoms with Crippen LogP contribution in [0.25, 0.3) is 0 Å². The lowest BCUT2D eigenvalue weighted by atomic mass is 10.2. The van der Waals surface area contributed by atoms with Crippen LogP contribution in [0.3, 0.4) is 0 Å². The molecular formula is C12H28N2. The van der Waals surface area contributed by atoms with Gasteiger partial charge in [-0.2, -0.15) is 0 Å². The molecule has 2 heteroatoms. The molecule has 0 rings (SSSR count). The highest BCUT2D eigenvalue weighted by Crippen LogP contribution is 2.02. The average Bonchev–Trinajstić information content (AvgIpc) is 2.12. The summed E-state index contributed by atoms with van der Waals surface area (Å²) in [5.41, 5.74) is 0. The normalized spacial score (nSPS) is 13.9. The second kappa shape index (κ2) is 8.25. The zero-order chi connectivity index (χ0) is 11.0. The topological polar surface area (TPSA) is 15.3 Å². The van der Waals surface area contributed by atoms with E-state index in [0.29, 0.717) is 12.1 Å². The van der Waals surface area contributed by atoms with Crippen molar-refractivity contribution in [1.29, 1.82) is 0 Å². The van der Waals surface area contributed by atoms with Gasteiger partial charge in [0, 0.05) is 12.1 Å². The SMILES string of the molecule is CCCN(CCC(C)NCC)C(C)C. The third-order valence-corrected chi connectivity index (χ3v) is 2.64. The van der Waals surface area contributed by atoms with Crippen LogP contribution in [-0.4, -0.2) is 36.6 Å². The predicted octanol–water partition coefficient (Wildman–Crippen LogP) is 2.49. The lowest BCUT2D eigenvalue weighted by Gasteiger charge is -2.27. The van der Waals surface area contributed by atoms with Gasteiger partial charge in [0.15, 0.2) is 0 Å². The standard InChI is InChI=1S/C12H28N2/c1-6-9-14(11(3)4)10-8-12(5)13-7-2/h11-13H,6-10H2,1-5H3. The molecule has 0 aliphatic carbocycles. The smallest absolute Gasteiger partial charge is 0.00507 e. The van der Waals surface area contributed by atoms with Crippen LogP contribution in [0.2, 0.25) is 0 Å². The predicted molar refractivity (Wildman–Crippen MR) is 64.8 cm³/mol. The van der Waals surface area contributed by atoms with Crippen molar-refractivity contribution in [3.63, 3.8) is 0 Å². The molecular weight excluding hydrogens is 172 g/mol. The van der Waals surface area contributed by atoms with Gasteiger partial charge in [-0.3, -0.25) is 0 Å². The molecule has 0 aromatic heterocycles. The third kappa shape index (κ3) is 6.39. The minimum absolute atomic E-state index is 0.651. The Kier molecular flexibility index (Phi) is 8.20. The van der Waals surface area contributed by atoms with Gasteiger partial charge in [-0.1, -0.05) is 13.8 Å². The molecule has 0 heterocycles. The van der Waals surface area contributed by atoms with Crippen molar-refractivity contribution in [2.24, 2.45) is 0 Å². The van der Waals surface area contributed by atoms with E-state index in [1.807, 2.05) is 0 Å². The number of hydrogen-bond donors (Lipinski definition) is 1. The molecule has 0 amide bonds. The maximum absolute atomic E-state index is 3.46. The van der Waals surface area contributed by atoms with Gasteiger partial charge in [0.1, 0.15) is 0 Å². The second-order valence-electron chi connectivity index (χ2n) is 4.38. The van der Waals surface area contributed by atoms with Gasteiger partial charge in [-0.15, -0.1) is 0 Å². The monoisotopic (exact) mass is 200 g/mol. The third-order valence-electron chi connectivity index (χ3n) is 2.64. The maximum Gasteiger partial charge on any atom is 0.00507 e. The number of hydrogen-bond acceptors (Lipinski definition) is 2. The minimum atomic E-state index is 0.651. The highest BCUT2D eigenvalue weighted by atomic mass is 15.1. The fourth-order valence-corrected chi connectivity index (χ4v) is 1.73. The van der Waals surface area contributed by atoms with Gasteiger partial charge in [0.25, 0.3) is 0 Å². The van der Waals surface area contributed by atoms with E-state index in [2.05, 4.69) is 44.8 Å². The van der Waals surface area contributed by atoms with E-state index in [0.717, 1.165) is 6.54 Å². The Morgan fingerprint density at radius 3 is 2.14 bits per heavy atom. The van der Waals surface area contributed by atoms with E-state index in [1.165, 1.54) is 25.9 Å². The number of nitrogens with one attached hydrogen (secondary N) is 1. The van der Waals surface area contributed by atoms with Crippen molar-refractivity contribution in [2.45, 2.75) is 59.5 Å². The minimum Gasteiger partial charge on any atom is -0.314 e. The summed E-state index contributed by atoms with van der Waals surface area (Å²) in [4.78, 5) is 2.56. The van der Waals surface area contributed by atoms with Gasteiger partial charge < -0.3 is 10.2 Å². The largest absolute Gasteiger partial charge is 0.314 e. The second-order valence-corrected chi connectivity index (χ2v) is 4.38. The summed E-state index contributed by atoms with van der Waals surface area (Å²) in [6.07, 6.45) is 2.51. The fraction of sp³-hybridized carbons (Fsp3) is 1.00. The summed E-state index contributed by atoms with van der Waals surface area (Å²) in [6, 6.07) is 1.34. The van der Waals surface area contributed by atoms with E-state index >= 15 is 0 Å².